The molecule has 1 heterocycles. The van der Waals surface area contributed by atoms with Crippen LogP contribution in [0.4, 0.5) is 0 Å². The molecule has 1 fully saturated rings. The van der Waals surface area contributed by atoms with Crippen LogP contribution in [0.25, 0.3) is 0 Å². The topological polar surface area (TPSA) is 104 Å². The third-order valence-electron chi connectivity index (χ3n) is 4.20. The number of hydrazone groups is 1. The highest BCUT2D eigenvalue weighted by Crippen LogP contribution is 2.22. The van der Waals surface area contributed by atoms with Crippen molar-refractivity contribution >= 4 is 18.0 Å². The second-order valence-electron chi connectivity index (χ2n) is 6.27. The van der Waals surface area contributed by atoms with Crippen LogP contribution in [0, 0.1) is 5.92 Å². The Balaban J connectivity index is 1.37. The number of carbonyl (C=O) groups is 2. The largest absolute Gasteiger partial charge is 0.484 e. The summed E-state index contributed by atoms with van der Waals surface area (Å²) in [6, 6.07) is 19.1. The smallest absolute Gasteiger partial charge is 0.259 e. The molecule has 2 unspecified atom stereocenters. The number of nitrogens with one attached hydrogen (secondary N) is 4. The first-order chi connectivity index (χ1) is 13.7. The molecule has 2 atom stereocenters. The molecule has 2 amide bonds. The summed E-state index contributed by atoms with van der Waals surface area (Å²) in [5.41, 5.74) is 9.88. The van der Waals surface area contributed by atoms with Gasteiger partial charge in [-0.1, -0.05) is 48.5 Å². The summed E-state index contributed by atoms with van der Waals surface area (Å²) in [5.74, 6) is -0.0918. The number of hydrazine groups is 1. The maximum Gasteiger partial charge on any atom is 0.259 e. The molecule has 0 aliphatic carbocycles. The van der Waals surface area contributed by atoms with Gasteiger partial charge in [-0.25, -0.2) is 10.9 Å². The van der Waals surface area contributed by atoms with Crippen LogP contribution >= 0.6 is 0 Å². The van der Waals surface area contributed by atoms with E-state index in [0.717, 1.165) is 5.56 Å². The first-order valence-corrected chi connectivity index (χ1v) is 9.02. The first kappa shape index (κ1) is 19.5. The molecule has 2 aromatic carbocycles. The minimum absolute atomic E-state index is 0.0803. The molecular weight excluding hydrogens is 358 g/mol. The number of hydrogen-bond donors (Lipinski definition) is 4. The minimum Gasteiger partial charge on any atom is -0.484 e. The third-order valence-corrected chi connectivity index (χ3v) is 4.20. The average molecular weight is 381 g/mol. The summed E-state index contributed by atoms with van der Waals surface area (Å²) in [7, 11) is 0. The van der Waals surface area contributed by atoms with Gasteiger partial charge < -0.3 is 10.1 Å². The van der Waals surface area contributed by atoms with Crippen molar-refractivity contribution in [3.8, 4) is 5.75 Å². The Morgan fingerprint density at radius 3 is 2.54 bits per heavy atom. The molecular formula is C20H23N5O3. The molecule has 1 aliphatic heterocycles. The van der Waals surface area contributed by atoms with E-state index >= 15 is 0 Å². The Hall–Kier alpha value is -3.23. The molecule has 2 aromatic rings. The number of benzene rings is 2. The molecule has 1 saturated heterocycles. The van der Waals surface area contributed by atoms with Crippen molar-refractivity contribution in [1.82, 2.24) is 21.6 Å². The predicted molar refractivity (Wildman–Crippen MR) is 105 cm³/mol. The second-order valence-corrected chi connectivity index (χ2v) is 6.27. The van der Waals surface area contributed by atoms with Gasteiger partial charge in [0.15, 0.2) is 6.61 Å². The molecule has 0 aromatic heterocycles. The van der Waals surface area contributed by atoms with Gasteiger partial charge in [0, 0.05) is 18.7 Å². The zero-order valence-electron chi connectivity index (χ0n) is 15.3. The SMILES string of the molecule is O=C(COc1ccccc1)NCC(=O)N/N=C/C1CNNC1c1ccccc1. The molecule has 3 rings (SSSR count). The van der Waals surface area contributed by atoms with E-state index in [4.69, 9.17) is 4.74 Å². The number of carbonyl (C=O) groups excluding carboxylic acids is 2. The summed E-state index contributed by atoms with van der Waals surface area (Å²) in [6.45, 7) is 0.378. The fourth-order valence-corrected chi connectivity index (χ4v) is 2.78. The lowest BCUT2D eigenvalue weighted by Crippen LogP contribution is -2.37. The number of para-hydroxylation sites is 1. The molecule has 146 valence electrons. The number of hydrogen-bond acceptors (Lipinski definition) is 6. The number of nitrogens with zero attached hydrogens (tertiary/aromatic N) is 1. The molecule has 8 nitrogen and oxygen atoms in total. The Morgan fingerprint density at radius 1 is 1.07 bits per heavy atom. The van der Waals surface area contributed by atoms with Crippen molar-refractivity contribution < 1.29 is 14.3 Å². The molecule has 1 aliphatic rings. The van der Waals surface area contributed by atoms with Crippen molar-refractivity contribution in [1.29, 1.82) is 0 Å². The van der Waals surface area contributed by atoms with Gasteiger partial charge in [-0.05, 0) is 17.7 Å². The highest BCUT2D eigenvalue weighted by Gasteiger charge is 2.26. The van der Waals surface area contributed by atoms with Crippen LogP contribution in [-0.2, 0) is 9.59 Å². The average Bonchev–Trinajstić information content (AvgIpc) is 3.21. The maximum absolute atomic E-state index is 11.8. The first-order valence-electron chi connectivity index (χ1n) is 9.02. The van der Waals surface area contributed by atoms with Crippen LogP contribution in [0.5, 0.6) is 5.75 Å². The normalized spacial score (nSPS) is 18.7. The van der Waals surface area contributed by atoms with Gasteiger partial charge in [0.2, 0.25) is 0 Å². The lowest BCUT2D eigenvalue weighted by atomic mass is 9.96. The van der Waals surface area contributed by atoms with Crippen LogP contribution in [0.2, 0.25) is 0 Å². The number of ether oxygens (including phenoxy) is 1. The van der Waals surface area contributed by atoms with Gasteiger partial charge in [-0.3, -0.25) is 15.0 Å². The van der Waals surface area contributed by atoms with E-state index in [1.54, 1.807) is 18.3 Å². The zero-order chi connectivity index (χ0) is 19.6. The Kier molecular flexibility index (Phi) is 7.11. The number of rotatable bonds is 8. The molecule has 0 spiro atoms. The van der Waals surface area contributed by atoms with Gasteiger partial charge >= 0.3 is 0 Å². The van der Waals surface area contributed by atoms with E-state index in [1.807, 2.05) is 48.5 Å². The van der Waals surface area contributed by atoms with Gasteiger partial charge in [-0.15, -0.1) is 0 Å². The van der Waals surface area contributed by atoms with E-state index in [2.05, 4.69) is 26.7 Å². The van der Waals surface area contributed by atoms with E-state index in [0.29, 0.717) is 12.3 Å². The lowest BCUT2D eigenvalue weighted by molar-refractivity contribution is -0.127. The van der Waals surface area contributed by atoms with Crippen LogP contribution in [0.1, 0.15) is 11.6 Å². The molecule has 0 bridgehead atoms. The van der Waals surface area contributed by atoms with Crippen molar-refractivity contribution in [3.63, 3.8) is 0 Å². The summed E-state index contributed by atoms with van der Waals surface area (Å²) < 4.78 is 5.32. The summed E-state index contributed by atoms with van der Waals surface area (Å²) in [5, 5.41) is 6.50. The monoisotopic (exact) mass is 381 g/mol. The quantitative estimate of drug-likeness (QED) is 0.399. The maximum atomic E-state index is 11.8. The highest BCUT2D eigenvalue weighted by molar-refractivity contribution is 5.85. The third kappa shape index (κ3) is 5.90. The van der Waals surface area contributed by atoms with Crippen molar-refractivity contribution in [2.45, 2.75) is 6.04 Å². The van der Waals surface area contributed by atoms with Gasteiger partial charge in [0.05, 0.1) is 12.6 Å². The summed E-state index contributed by atoms with van der Waals surface area (Å²) in [6.07, 6.45) is 1.70. The van der Waals surface area contributed by atoms with Crippen LogP contribution in [0.15, 0.2) is 65.8 Å². The van der Waals surface area contributed by atoms with Crippen LogP contribution < -0.4 is 26.3 Å². The van der Waals surface area contributed by atoms with Crippen molar-refractivity contribution in [2.24, 2.45) is 11.0 Å². The molecule has 4 N–H and O–H groups in total. The molecule has 0 saturated carbocycles. The second kappa shape index (κ2) is 10.2. The summed E-state index contributed by atoms with van der Waals surface area (Å²) in [4.78, 5) is 23.6. The Labute approximate surface area is 163 Å². The van der Waals surface area contributed by atoms with Crippen molar-refractivity contribution in [3.05, 3.63) is 66.2 Å². The van der Waals surface area contributed by atoms with E-state index in [1.165, 1.54) is 0 Å². The van der Waals surface area contributed by atoms with Gasteiger partial charge in [-0.2, -0.15) is 5.10 Å². The standard InChI is InChI=1S/C20H23N5O3/c26-18(13-21-19(27)14-28-17-9-5-2-6-10-17)24-22-11-16-12-23-25-20(16)15-7-3-1-4-8-15/h1-11,16,20,23,25H,12-14H2,(H,21,27)(H,24,26)/b22-11+. The Morgan fingerprint density at radius 2 is 1.79 bits per heavy atom. The van der Waals surface area contributed by atoms with Gasteiger partial charge in [0.1, 0.15) is 5.75 Å². The molecule has 8 heteroatoms. The predicted octanol–water partition coefficient (Wildman–Crippen LogP) is 0.749. The molecule has 28 heavy (non-hydrogen) atoms. The minimum atomic E-state index is -0.403. The summed E-state index contributed by atoms with van der Waals surface area (Å²) >= 11 is 0. The van der Waals surface area contributed by atoms with E-state index in [-0.39, 0.29) is 31.0 Å². The fourth-order valence-electron chi connectivity index (χ4n) is 2.78. The zero-order valence-corrected chi connectivity index (χ0v) is 15.3. The van der Waals surface area contributed by atoms with Gasteiger partial charge in [0.25, 0.3) is 11.8 Å². The van der Waals surface area contributed by atoms with Crippen LogP contribution in [-0.4, -0.2) is 37.7 Å². The molecule has 0 radical (unpaired) electrons. The number of amides is 2. The Bertz CT molecular complexity index is 798. The fraction of sp³-hybridized carbons (Fsp3) is 0.250. The van der Waals surface area contributed by atoms with E-state index in [9.17, 15) is 9.59 Å². The van der Waals surface area contributed by atoms with Crippen molar-refractivity contribution in [2.75, 3.05) is 19.7 Å². The van der Waals surface area contributed by atoms with Crippen LogP contribution in [0.3, 0.4) is 0 Å². The van der Waals surface area contributed by atoms with E-state index < -0.39 is 5.91 Å². The lowest BCUT2D eigenvalue weighted by Gasteiger charge is -2.14. The highest BCUT2D eigenvalue weighted by atomic mass is 16.5.